The third-order valence-electron chi connectivity index (χ3n) is 2.97. The van der Waals surface area contributed by atoms with Gasteiger partial charge < -0.3 is 9.84 Å². The topological polar surface area (TPSA) is 29.5 Å². The van der Waals surface area contributed by atoms with Crippen LogP contribution in [0, 0.1) is 5.92 Å². The molecule has 2 atom stereocenters. The maximum Gasteiger partial charge on any atom is 0.119 e. The van der Waals surface area contributed by atoms with Gasteiger partial charge in [-0.25, -0.2) is 0 Å². The Labute approximate surface area is 112 Å². The third-order valence-corrected chi connectivity index (χ3v) is 3.69. The van der Waals surface area contributed by atoms with Crippen molar-refractivity contribution in [3.05, 3.63) is 28.2 Å². The van der Waals surface area contributed by atoms with Gasteiger partial charge in [0, 0.05) is 4.47 Å². The average molecular weight is 301 g/mol. The molecule has 0 aliphatic carbocycles. The summed E-state index contributed by atoms with van der Waals surface area (Å²) in [4.78, 5) is 0. The van der Waals surface area contributed by atoms with E-state index < -0.39 is 6.10 Å². The largest absolute Gasteiger partial charge is 0.497 e. The van der Waals surface area contributed by atoms with Crippen LogP contribution in [0.15, 0.2) is 22.7 Å². The highest BCUT2D eigenvalue weighted by molar-refractivity contribution is 9.10. The number of hydrogen-bond acceptors (Lipinski definition) is 2. The molecule has 3 heteroatoms. The molecule has 0 radical (unpaired) electrons. The lowest BCUT2D eigenvalue weighted by Crippen LogP contribution is -2.05. The molecule has 0 aromatic heterocycles. The van der Waals surface area contributed by atoms with Gasteiger partial charge in [-0.15, -0.1) is 0 Å². The second-order valence-electron chi connectivity index (χ2n) is 4.53. The van der Waals surface area contributed by atoms with E-state index in [9.17, 15) is 5.11 Å². The Hall–Kier alpha value is -0.540. The molecule has 0 aliphatic rings. The number of hydrogen-bond donors (Lipinski definition) is 1. The summed E-state index contributed by atoms with van der Waals surface area (Å²) in [5.41, 5.74) is 0.910. The summed E-state index contributed by atoms with van der Waals surface area (Å²) >= 11 is 3.47. The first-order valence-corrected chi connectivity index (χ1v) is 6.89. The Morgan fingerprint density at radius 2 is 2.12 bits per heavy atom. The fourth-order valence-corrected chi connectivity index (χ4v) is 2.53. The highest BCUT2D eigenvalue weighted by atomic mass is 79.9. The van der Waals surface area contributed by atoms with Gasteiger partial charge in [-0.05, 0) is 36.1 Å². The predicted octanol–water partition coefficient (Wildman–Crippen LogP) is 4.32. The minimum atomic E-state index is -0.430. The standard InChI is InChI=1S/C14H21BrO2/c1-4-5-10(2)8-14(16)12-9-11(17-3)6-7-13(12)15/h6-7,9-10,14,16H,4-5,8H2,1-3H3. The van der Waals surface area contributed by atoms with Crippen LogP contribution in [0.25, 0.3) is 0 Å². The van der Waals surface area contributed by atoms with E-state index in [-0.39, 0.29) is 0 Å². The van der Waals surface area contributed by atoms with Crippen LogP contribution in [0.2, 0.25) is 0 Å². The van der Waals surface area contributed by atoms with E-state index in [1.54, 1.807) is 7.11 Å². The van der Waals surface area contributed by atoms with E-state index in [1.165, 1.54) is 0 Å². The van der Waals surface area contributed by atoms with Crippen molar-refractivity contribution in [3.8, 4) is 5.75 Å². The van der Waals surface area contributed by atoms with Gasteiger partial charge in [-0.1, -0.05) is 42.6 Å². The Morgan fingerprint density at radius 3 is 2.71 bits per heavy atom. The molecule has 1 aromatic carbocycles. The zero-order valence-electron chi connectivity index (χ0n) is 10.7. The van der Waals surface area contributed by atoms with E-state index >= 15 is 0 Å². The van der Waals surface area contributed by atoms with E-state index in [0.717, 1.165) is 35.0 Å². The van der Waals surface area contributed by atoms with Crippen molar-refractivity contribution in [1.82, 2.24) is 0 Å². The molecule has 0 bridgehead atoms. The summed E-state index contributed by atoms with van der Waals surface area (Å²) < 4.78 is 6.12. The number of halogens is 1. The summed E-state index contributed by atoms with van der Waals surface area (Å²) in [5.74, 6) is 1.32. The van der Waals surface area contributed by atoms with Crippen LogP contribution < -0.4 is 4.74 Å². The van der Waals surface area contributed by atoms with E-state index in [2.05, 4.69) is 29.8 Å². The summed E-state index contributed by atoms with van der Waals surface area (Å²) in [6, 6.07) is 5.70. The molecule has 17 heavy (non-hydrogen) atoms. The second-order valence-corrected chi connectivity index (χ2v) is 5.39. The molecule has 2 nitrogen and oxygen atoms in total. The molecule has 96 valence electrons. The first-order chi connectivity index (χ1) is 8.08. The molecule has 0 saturated carbocycles. The molecular formula is C14H21BrO2. The van der Waals surface area contributed by atoms with Crippen molar-refractivity contribution in [1.29, 1.82) is 0 Å². The zero-order chi connectivity index (χ0) is 12.8. The van der Waals surface area contributed by atoms with Gasteiger partial charge in [0.05, 0.1) is 13.2 Å². The molecule has 0 fully saturated rings. The minimum Gasteiger partial charge on any atom is -0.497 e. The van der Waals surface area contributed by atoms with Crippen LogP contribution in [0.3, 0.4) is 0 Å². The second kappa shape index (κ2) is 7.02. The monoisotopic (exact) mass is 300 g/mol. The Balaban J connectivity index is 2.76. The summed E-state index contributed by atoms with van der Waals surface area (Å²) in [7, 11) is 1.64. The molecule has 1 N–H and O–H groups in total. The predicted molar refractivity (Wildman–Crippen MR) is 74.3 cm³/mol. The Bertz CT molecular complexity index is 352. The number of methoxy groups -OCH3 is 1. The van der Waals surface area contributed by atoms with Crippen molar-refractivity contribution in [2.45, 2.75) is 39.2 Å². The van der Waals surface area contributed by atoms with E-state index in [0.29, 0.717) is 5.92 Å². The molecule has 1 aromatic rings. The molecule has 0 spiro atoms. The van der Waals surface area contributed by atoms with Gasteiger partial charge in [0.1, 0.15) is 5.75 Å². The summed E-state index contributed by atoms with van der Waals surface area (Å²) in [6.07, 6.45) is 2.67. The van der Waals surface area contributed by atoms with Crippen molar-refractivity contribution >= 4 is 15.9 Å². The first kappa shape index (κ1) is 14.5. The van der Waals surface area contributed by atoms with Gasteiger partial charge in [-0.2, -0.15) is 0 Å². The molecular weight excluding hydrogens is 280 g/mol. The first-order valence-electron chi connectivity index (χ1n) is 6.10. The highest BCUT2D eigenvalue weighted by Crippen LogP contribution is 2.31. The van der Waals surface area contributed by atoms with Crippen LogP contribution in [-0.2, 0) is 0 Å². The van der Waals surface area contributed by atoms with Crippen LogP contribution >= 0.6 is 15.9 Å². The van der Waals surface area contributed by atoms with Crippen LogP contribution in [-0.4, -0.2) is 12.2 Å². The number of aliphatic hydroxyl groups excluding tert-OH is 1. The van der Waals surface area contributed by atoms with Crippen LogP contribution in [0.4, 0.5) is 0 Å². The van der Waals surface area contributed by atoms with Crippen molar-refractivity contribution in [2.75, 3.05) is 7.11 Å². The van der Waals surface area contributed by atoms with E-state index in [1.807, 2.05) is 18.2 Å². The van der Waals surface area contributed by atoms with Crippen molar-refractivity contribution < 1.29 is 9.84 Å². The maximum absolute atomic E-state index is 10.2. The summed E-state index contributed by atoms with van der Waals surface area (Å²) in [5, 5.41) is 10.2. The normalized spacial score (nSPS) is 14.4. The smallest absolute Gasteiger partial charge is 0.119 e. The number of aliphatic hydroxyl groups is 1. The molecule has 1 rings (SSSR count). The van der Waals surface area contributed by atoms with Gasteiger partial charge in [-0.3, -0.25) is 0 Å². The molecule has 0 saturated heterocycles. The Kier molecular flexibility index (Phi) is 6.00. The highest BCUT2D eigenvalue weighted by Gasteiger charge is 2.15. The van der Waals surface area contributed by atoms with Gasteiger partial charge in [0.15, 0.2) is 0 Å². The van der Waals surface area contributed by atoms with Gasteiger partial charge in [0.2, 0.25) is 0 Å². The van der Waals surface area contributed by atoms with Crippen LogP contribution in [0.5, 0.6) is 5.75 Å². The zero-order valence-corrected chi connectivity index (χ0v) is 12.3. The van der Waals surface area contributed by atoms with Crippen LogP contribution in [0.1, 0.15) is 44.8 Å². The molecule has 0 heterocycles. The van der Waals surface area contributed by atoms with Crippen molar-refractivity contribution in [2.24, 2.45) is 5.92 Å². The van der Waals surface area contributed by atoms with Gasteiger partial charge >= 0.3 is 0 Å². The number of benzene rings is 1. The third kappa shape index (κ3) is 4.32. The minimum absolute atomic E-state index is 0.430. The lowest BCUT2D eigenvalue weighted by atomic mass is 9.95. The maximum atomic E-state index is 10.2. The quantitative estimate of drug-likeness (QED) is 0.848. The molecule has 2 unspecified atom stereocenters. The number of rotatable bonds is 6. The van der Waals surface area contributed by atoms with Gasteiger partial charge in [0.25, 0.3) is 0 Å². The fourth-order valence-electron chi connectivity index (χ4n) is 2.02. The lowest BCUT2D eigenvalue weighted by molar-refractivity contribution is 0.144. The molecule has 0 aliphatic heterocycles. The Morgan fingerprint density at radius 1 is 1.41 bits per heavy atom. The summed E-state index contributed by atoms with van der Waals surface area (Å²) in [6.45, 7) is 4.35. The molecule has 0 amide bonds. The number of ether oxygens (including phenoxy) is 1. The lowest BCUT2D eigenvalue weighted by Gasteiger charge is -2.18. The average Bonchev–Trinajstić information content (AvgIpc) is 2.29. The van der Waals surface area contributed by atoms with Crippen molar-refractivity contribution in [3.63, 3.8) is 0 Å². The SMILES string of the molecule is CCCC(C)CC(O)c1cc(OC)ccc1Br. The van der Waals surface area contributed by atoms with E-state index in [4.69, 9.17) is 4.74 Å². The fraction of sp³-hybridized carbons (Fsp3) is 0.571.